The Morgan fingerprint density at radius 3 is 1.51 bits per heavy atom. The summed E-state index contributed by atoms with van der Waals surface area (Å²) < 4.78 is 0. The summed E-state index contributed by atoms with van der Waals surface area (Å²) in [5.74, 6) is 0.235. The number of fused-ring (bicyclic) bond motifs is 2. The van der Waals surface area contributed by atoms with Gasteiger partial charge in [0, 0.05) is 5.92 Å². The maximum Gasteiger partial charge on any atom is 0.0164 e. The molecule has 0 aliphatic carbocycles. The van der Waals surface area contributed by atoms with E-state index in [0.29, 0.717) is 0 Å². The largest absolute Gasteiger partial charge is 0.163 e. The number of hydrogen-bond acceptors (Lipinski definition) is 0. The van der Waals surface area contributed by atoms with Crippen LogP contribution in [0.15, 0.2) is 176 Å². The fourth-order valence-corrected chi connectivity index (χ4v) is 6.62. The third-order valence-electron chi connectivity index (χ3n) is 8.79. The van der Waals surface area contributed by atoms with Crippen molar-refractivity contribution >= 4 is 28.4 Å². The van der Waals surface area contributed by atoms with Gasteiger partial charge < -0.3 is 14.9 Å². The summed E-state index contributed by atoms with van der Waals surface area (Å²) in [5.41, 5.74) is 11.9. The molecule has 0 aromatic heterocycles. The van der Waals surface area contributed by atoms with Crippen LogP contribution in [-0.2, 0) is 23.3 Å². The van der Waals surface area contributed by atoms with Gasteiger partial charge in [-0.3, -0.25) is 0 Å². The Bertz CT molecular complexity index is 2140. The third-order valence-corrected chi connectivity index (χ3v) is 8.79. The van der Waals surface area contributed by atoms with Crippen molar-refractivity contribution in [2.75, 3.05) is 0 Å². The van der Waals surface area contributed by atoms with Gasteiger partial charge >= 0.3 is 30.2 Å². The maximum atomic E-state index is 3.06. The maximum absolute atomic E-state index is 3.06. The van der Waals surface area contributed by atoms with Gasteiger partial charge in [0.15, 0.2) is 0 Å². The molecule has 0 amide bonds. The molecule has 0 aliphatic heterocycles. The zero-order valence-electron chi connectivity index (χ0n) is 28.8. The summed E-state index contributed by atoms with van der Waals surface area (Å²) >= 11 is 1.36. The molecule has 0 bridgehead atoms. The molecule has 242 valence electrons. The molecule has 0 atom stereocenters. The molecule has 0 unspecified atom stereocenters. The quantitative estimate of drug-likeness (QED) is 0.122. The van der Waals surface area contributed by atoms with Crippen molar-refractivity contribution in [3.05, 3.63) is 219 Å². The predicted molar refractivity (Wildman–Crippen MR) is 212 cm³/mol. The fourth-order valence-electron chi connectivity index (χ4n) is 6.62. The molecule has 8 rings (SSSR count). The van der Waals surface area contributed by atoms with Crippen LogP contribution in [0, 0.1) is 28.7 Å². The van der Waals surface area contributed by atoms with E-state index >= 15 is 0 Å². The Hall–Kier alpha value is -4.36. The van der Waals surface area contributed by atoms with Crippen molar-refractivity contribution in [3.8, 4) is 22.3 Å². The molecule has 2 radical (unpaired) electrons. The van der Waals surface area contributed by atoms with E-state index in [4.69, 9.17) is 0 Å². The standard InChI is InChI=1S/C28H21.C17H15.2CH3.Si.Zr/c1-4-11-21(12-5-1)26-18-10-17-24-19-25(20-27(24)26)28(22-13-6-2-7-14-22)23-15-8-3-9-16-23;1-12-10-16-13(2)8-9-15(17(16)11-12)14-6-4-3-5-7-14;;;;/h1-20,28H;3-11H,1-2H3;2*1H3;;/q4*-1;;. The van der Waals surface area contributed by atoms with Crippen LogP contribution in [-0.4, -0.2) is 6.88 Å². The number of benzene rings is 6. The minimum absolute atomic E-state index is 0. The minimum Gasteiger partial charge on any atom is -0.163 e. The van der Waals surface area contributed by atoms with Crippen LogP contribution in [0.2, 0.25) is 0 Å². The molecule has 8 aromatic rings. The van der Waals surface area contributed by atoms with Crippen LogP contribution >= 0.6 is 0 Å². The Morgan fingerprint density at radius 1 is 0.490 bits per heavy atom. The number of hydrogen-bond donors (Lipinski definition) is 0. The van der Waals surface area contributed by atoms with Crippen molar-refractivity contribution in [2.45, 2.75) is 19.8 Å². The molecule has 0 N–H and O–H groups in total. The summed E-state index contributed by atoms with van der Waals surface area (Å²) in [6, 6.07) is 63.2. The van der Waals surface area contributed by atoms with Crippen LogP contribution in [0.4, 0.5) is 0 Å². The van der Waals surface area contributed by atoms with E-state index in [9.17, 15) is 0 Å². The van der Waals surface area contributed by atoms with Gasteiger partial charge in [-0.2, -0.15) is 12.1 Å². The minimum atomic E-state index is 0. The van der Waals surface area contributed by atoms with Gasteiger partial charge in [0.05, 0.1) is 0 Å². The molecule has 49 heavy (non-hydrogen) atoms. The third kappa shape index (κ3) is 8.45. The molecule has 2 heteroatoms. The summed E-state index contributed by atoms with van der Waals surface area (Å²) in [7, 11) is 0. The average molecular weight is 726 g/mol. The van der Waals surface area contributed by atoms with E-state index < -0.39 is 0 Å². The van der Waals surface area contributed by atoms with Gasteiger partial charge in [-0.1, -0.05) is 158 Å². The van der Waals surface area contributed by atoms with Crippen LogP contribution in [0.3, 0.4) is 0 Å². The number of rotatable bonds is 5. The van der Waals surface area contributed by atoms with Crippen molar-refractivity contribution in [1.29, 1.82) is 0 Å². The molecular weight excluding hydrogens is 684 g/mol. The molecule has 0 nitrogen and oxygen atoms in total. The van der Waals surface area contributed by atoms with E-state index in [-0.39, 0.29) is 20.8 Å². The molecule has 0 heterocycles. The Balaban J connectivity index is 0.000000222. The van der Waals surface area contributed by atoms with Crippen molar-refractivity contribution in [2.24, 2.45) is 0 Å². The second kappa shape index (κ2) is 17.9. The first-order valence-corrected chi connectivity index (χ1v) is 20.2. The molecule has 0 saturated heterocycles. The SMILES string of the molecule is Cc1cc2c(-c3ccccc3)ccc(C)c2[cH-]1.[CH3-].[CH3-].[Si]=[Zr].c1ccc(-c2cccc3[cH-]c(C(c4ccccc4)c4ccccc4)cc23)cc1. The van der Waals surface area contributed by atoms with Gasteiger partial charge in [-0.15, -0.1) is 68.6 Å². The summed E-state index contributed by atoms with van der Waals surface area (Å²) in [4.78, 5) is 0. The molecule has 0 aliphatic rings. The van der Waals surface area contributed by atoms with Crippen molar-refractivity contribution < 1.29 is 23.3 Å². The zero-order chi connectivity index (χ0) is 32.6. The average Bonchev–Trinajstić information content (AvgIpc) is 3.75. The smallest absolute Gasteiger partial charge is 0.0164 e. The van der Waals surface area contributed by atoms with Crippen molar-refractivity contribution in [1.82, 2.24) is 0 Å². The normalized spacial score (nSPS) is 10.2. The predicted octanol–water partition coefficient (Wildman–Crippen LogP) is 12.8. The van der Waals surface area contributed by atoms with Crippen LogP contribution in [0.1, 0.15) is 33.7 Å². The van der Waals surface area contributed by atoms with Gasteiger partial charge in [-0.25, -0.2) is 0 Å². The van der Waals surface area contributed by atoms with Crippen molar-refractivity contribution in [3.63, 3.8) is 0 Å². The summed E-state index contributed by atoms with van der Waals surface area (Å²) in [5, 5.41) is 5.37. The van der Waals surface area contributed by atoms with E-state index in [1.807, 2.05) is 0 Å². The van der Waals surface area contributed by atoms with Gasteiger partial charge in [0.2, 0.25) is 0 Å². The molecule has 0 fully saturated rings. The van der Waals surface area contributed by atoms with Gasteiger partial charge in [0.1, 0.15) is 0 Å². The van der Waals surface area contributed by atoms with E-state index in [1.165, 1.54) is 95.0 Å². The summed E-state index contributed by atoms with van der Waals surface area (Å²) in [6.45, 7) is 7.40. The van der Waals surface area contributed by atoms with Gasteiger partial charge in [-0.05, 0) is 22.3 Å². The Labute approximate surface area is 310 Å². The second-order valence-electron chi connectivity index (χ2n) is 11.9. The van der Waals surface area contributed by atoms with E-state index in [1.54, 1.807) is 0 Å². The number of aryl methyl sites for hydroxylation is 2. The topological polar surface area (TPSA) is 0 Å². The molecular formula is C47H42SiZr-4. The van der Waals surface area contributed by atoms with Crippen LogP contribution in [0.25, 0.3) is 43.8 Å². The first-order chi connectivity index (χ1) is 23.2. The zero-order valence-corrected chi connectivity index (χ0v) is 32.3. The van der Waals surface area contributed by atoms with E-state index in [2.05, 4.69) is 197 Å². The first-order valence-electron chi connectivity index (χ1n) is 16.0. The fraction of sp³-hybridized carbons (Fsp3) is 0.0638. The van der Waals surface area contributed by atoms with E-state index in [0.717, 1.165) is 0 Å². The molecule has 0 spiro atoms. The Kier molecular flexibility index (Phi) is 13.7. The first kappa shape index (κ1) is 37.5. The molecule has 0 saturated carbocycles. The monoisotopic (exact) mass is 724 g/mol. The second-order valence-corrected chi connectivity index (χ2v) is 11.9. The van der Waals surface area contributed by atoms with Gasteiger partial charge in [0.25, 0.3) is 0 Å². The van der Waals surface area contributed by atoms with Crippen LogP contribution < -0.4 is 0 Å². The van der Waals surface area contributed by atoms with Crippen LogP contribution in [0.5, 0.6) is 0 Å². The Morgan fingerprint density at radius 2 is 0.980 bits per heavy atom. The summed E-state index contributed by atoms with van der Waals surface area (Å²) in [6.07, 6.45) is 0. The molecule has 8 aromatic carbocycles.